The molecule has 0 spiro atoms. The molecule has 0 unspecified atom stereocenters. The van der Waals surface area contributed by atoms with Gasteiger partial charge in [0.1, 0.15) is 0 Å². The molecule has 0 radical (unpaired) electrons. The van der Waals surface area contributed by atoms with Crippen molar-refractivity contribution in [1.29, 1.82) is 0 Å². The Morgan fingerprint density at radius 2 is 2.00 bits per heavy atom. The molecule has 0 atom stereocenters. The molecule has 2 nitrogen and oxygen atoms in total. The molecule has 0 fully saturated rings. The lowest BCUT2D eigenvalue weighted by Gasteiger charge is -1.93. The molecule has 0 rings (SSSR count). The third-order valence-corrected chi connectivity index (χ3v) is 0.451. The van der Waals surface area contributed by atoms with Crippen LogP contribution in [-0.2, 0) is 4.74 Å². The van der Waals surface area contributed by atoms with Gasteiger partial charge in [0.25, 0.3) is 0 Å². The van der Waals surface area contributed by atoms with E-state index < -0.39 is 0 Å². The second kappa shape index (κ2) is 15.9. The lowest BCUT2D eigenvalue weighted by atomic mass is 10.9. The van der Waals surface area contributed by atoms with E-state index in [9.17, 15) is 0 Å². The summed E-state index contributed by atoms with van der Waals surface area (Å²) in [5.41, 5.74) is 0. The minimum Gasteiger partial charge on any atom is -0.367 e. The van der Waals surface area contributed by atoms with E-state index >= 15 is 0 Å². The first-order valence-corrected chi connectivity index (χ1v) is 2.64. The highest BCUT2D eigenvalue weighted by molar-refractivity contribution is 4.22. The van der Waals surface area contributed by atoms with Gasteiger partial charge in [-0.3, -0.25) is 5.32 Å². The zero-order valence-corrected chi connectivity index (χ0v) is 5.74. The molecular formula is C6H15NO. The normalized spacial score (nSPS) is 7.25. The Morgan fingerprint density at radius 3 is 2.12 bits per heavy atom. The standard InChI is InChI=1S/C4H11NO.C2H4/c1-3-6-4-5-2;1-2/h5H,3-4H2,1-2H3;1-2H2. The Morgan fingerprint density at radius 1 is 1.50 bits per heavy atom. The molecule has 50 valence electrons. The smallest absolute Gasteiger partial charge is 0.0962 e. The Kier molecular flexibility index (Phi) is 21.1. The van der Waals surface area contributed by atoms with Crippen LogP contribution in [-0.4, -0.2) is 20.4 Å². The maximum atomic E-state index is 4.87. The van der Waals surface area contributed by atoms with E-state index in [-0.39, 0.29) is 0 Å². The molecule has 0 aliphatic carbocycles. The quantitative estimate of drug-likeness (QED) is 0.338. The van der Waals surface area contributed by atoms with Gasteiger partial charge in [-0.05, 0) is 14.0 Å². The summed E-state index contributed by atoms with van der Waals surface area (Å²) in [6.45, 7) is 9.43. The number of nitrogens with one attached hydrogen (secondary N) is 1. The monoisotopic (exact) mass is 117 g/mol. The molecule has 0 saturated heterocycles. The second-order valence-electron chi connectivity index (χ2n) is 0.991. The van der Waals surface area contributed by atoms with Crippen molar-refractivity contribution in [2.45, 2.75) is 6.92 Å². The molecule has 0 amide bonds. The van der Waals surface area contributed by atoms with Crippen molar-refractivity contribution in [1.82, 2.24) is 5.32 Å². The summed E-state index contributed by atoms with van der Waals surface area (Å²) in [7, 11) is 1.86. The zero-order valence-electron chi connectivity index (χ0n) is 5.74. The summed E-state index contributed by atoms with van der Waals surface area (Å²) < 4.78 is 4.87. The van der Waals surface area contributed by atoms with Crippen LogP contribution >= 0.6 is 0 Å². The van der Waals surface area contributed by atoms with Crippen LogP contribution in [0, 0.1) is 0 Å². The number of hydrogen-bond acceptors (Lipinski definition) is 2. The first-order chi connectivity index (χ1) is 3.91. The molecule has 0 aromatic rings. The van der Waals surface area contributed by atoms with Gasteiger partial charge in [-0.15, -0.1) is 13.2 Å². The highest BCUT2D eigenvalue weighted by Gasteiger charge is 1.70. The van der Waals surface area contributed by atoms with Gasteiger partial charge in [0.2, 0.25) is 0 Å². The number of ether oxygens (including phenoxy) is 1. The second-order valence-corrected chi connectivity index (χ2v) is 0.991. The molecule has 0 bridgehead atoms. The Bertz CT molecular complexity index is 27.7. The molecule has 0 aromatic carbocycles. The van der Waals surface area contributed by atoms with Crippen LogP contribution in [0.15, 0.2) is 13.2 Å². The first-order valence-electron chi connectivity index (χ1n) is 2.64. The Hall–Kier alpha value is -0.340. The fourth-order valence-corrected chi connectivity index (χ4v) is 0.204. The minimum absolute atomic E-state index is 0.663. The van der Waals surface area contributed by atoms with Crippen molar-refractivity contribution in [3.05, 3.63) is 13.2 Å². The van der Waals surface area contributed by atoms with Gasteiger partial charge in [-0.2, -0.15) is 0 Å². The zero-order chi connectivity index (χ0) is 6.83. The van der Waals surface area contributed by atoms with Crippen molar-refractivity contribution in [3.8, 4) is 0 Å². The van der Waals surface area contributed by atoms with E-state index in [2.05, 4.69) is 18.5 Å². The third kappa shape index (κ3) is 17.4. The number of rotatable bonds is 3. The van der Waals surface area contributed by atoms with Crippen LogP contribution in [0.2, 0.25) is 0 Å². The molecule has 2 heteroatoms. The third-order valence-electron chi connectivity index (χ3n) is 0.451. The van der Waals surface area contributed by atoms with Crippen molar-refractivity contribution in [2.75, 3.05) is 20.4 Å². The van der Waals surface area contributed by atoms with E-state index in [0.29, 0.717) is 6.73 Å². The highest BCUT2D eigenvalue weighted by Crippen LogP contribution is 1.61. The van der Waals surface area contributed by atoms with E-state index in [0.717, 1.165) is 6.61 Å². The topological polar surface area (TPSA) is 21.3 Å². The summed E-state index contributed by atoms with van der Waals surface area (Å²) >= 11 is 0. The van der Waals surface area contributed by atoms with E-state index in [1.54, 1.807) is 0 Å². The summed E-state index contributed by atoms with van der Waals surface area (Å²) in [6, 6.07) is 0. The molecule has 8 heavy (non-hydrogen) atoms. The molecule has 0 heterocycles. The fraction of sp³-hybridized carbons (Fsp3) is 0.667. The lowest BCUT2D eigenvalue weighted by Crippen LogP contribution is -2.10. The minimum atomic E-state index is 0.663. The summed E-state index contributed by atoms with van der Waals surface area (Å²) in [6.07, 6.45) is 0. The number of hydrogen-bond donors (Lipinski definition) is 1. The average molecular weight is 117 g/mol. The predicted molar refractivity (Wildman–Crippen MR) is 36.8 cm³/mol. The predicted octanol–water partition coefficient (Wildman–Crippen LogP) is 1.00. The Balaban J connectivity index is 0. The first kappa shape index (κ1) is 10.6. The average Bonchev–Trinajstić information content (AvgIpc) is 1.88. The summed E-state index contributed by atoms with van der Waals surface area (Å²) in [4.78, 5) is 0. The lowest BCUT2D eigenvalue weighted by molar-refractivity contribution is 0.134. The van der Waals surface area contributed by atoms with Crippen LogP contribution in [0.5, 0.6) is 0 Å². The van der Waals surface area contributed by atoms with Crippen molar-refractivity contribution in [3.63, 3.8) is 0 Å². The van der Waals surface area contributed by atoms with Crippen LogP contribution < -0.4 is 5.32 Å². The maximum Gasteiger partial charge on any atom is 0.0962 e. The van der Waals surface area contributed by atoms with Gasteiger partial charge in [-0.1, -0.05) is 0 Å². The van der Waals surface area contributed by atoms with Crippen molar-refractivity contribution < 1.29 is 4.74 Å². The van der Waals surface area contributed by atoms with E-state index in [4.69, 9.17) is 4.74 Å². The molecule has 0 aliphatic rings. The Labute approximate surface area is 51.5 Å². The SMILES string of the molecule is C=C.CCOCNC. The largest absolute Gasteiger partial charge is 0.367 e. The summed E-state index contributed by atoms with van der Waals surface area (Å²) in [5.74, 6) is 0. The fourth-order valence-electron chi connectivity index (χ4n) is 0.204. The van der Waals surface area contributed by atoms with Gasteiger partial charge < -0.3 is 4.74 Å². The molecule has 1 N–H and O–H groups in total. The van der Waals surface area contributed by atoms with Gasteiger partial charge in [0.05, 0.1) is 6.73 Å². The van der Waals surface area contributed by atoms with Gasteiger partial charge in [0, 0.05) is 6.61 Å². The van der Waals surface area contributed by atoms with Crippen LogP contribution in [0.25, 0.3) is 0 Å². The molecule has 0 aromatic heterocycles. The van der Waals surface area contributed by atoms with Gasteiger partial charge in [0.15, 0.2) is 0 Å². The molecule has 0 saturated carbocycles. The molecular weight excluding hydrogens is 102 g/mol. The highest BCUT2D eigenvalue weighted by atomic mass is 16.5. The van der Waals surface area contributed by atoms with Crippen LogP contribution in [0.3, 0.4) is 0 Å². The molecule has 0 aliphatic heterocycles. The van der Waals surface area contributed by atoms with Crippen LogP contribution in [0.4, 0.5) is 0 Å². The van der Waals surface area contributed by atoms with Crippen molar-refractivity contribution >= 4 is 0 Å². The van der Waals surface area contributed by atoms with Gasteiger partial charge in [-0.25, -0.2) is 0 Å². The van der Waals surface area contributed by atoms with Crippen molar-refractivity contribution in [2.24, 2.45) is 0 Å². The van der Waals surface area contributed by atoms with Gasteiger partial charge >= 0.3 is 0 Å². The van der Waals surface area contributed by atoms with E-state index in [1.807, 2.05) is 14.0 Å². The maximum absolute atomic E-state index is 4.87. The van der Waals surface area contributed by atoms with E-state index in [1.165, 1.54) is 0 Å². The summed E-state index contributed by atoms with van der Waals surface area (Å²) in [5, 5.41) is 2.85. The van der Waals surface area contributed by atoms with Crippen LogP contribution in [0.1, 0.15) is 6.92 Å².